The lowest BCUT2D eigenvalue weighted by atomic mass is 9.66. The molecule has 5 rings (SSSR count). The van der Waals surface area contributed by atoms with E-state index in [-0.39, 0.29) is 28.8 Å². The number of halogens is 1. The maximum absolute atomic E-state index is 13.5. The molecule has 2 aromatic heterocycles. The number of benzene rings is 1. The predicted molar refractivity (Wildman–Crippen MR) is 110 cm³/mol. The van der Waals surface area contributed by atoms with Crippen LogP contribution < -0.4 is 0 Å². The van der Waals surface area contributed by atoms with Gasteiger partial charge in [-0.3, -0.25) is 9.20 Å². The lowest BCUT2D eigenvalue weighted by Gasteiger charge is -2.52. The smallest absolute Gasteiger partial charge is 0.290 e. The van der Waals surface area contributed by atoms with E-state index in [9.17, 15) is 9.90 Å². The largest absolute Gasteiger partial charge is 0.385 e. The number of hydrogen-bond donors (Lipinski definition) is 1. The number of fused-ring (bicyclic) bond motifs is 2. The van der Waals surface area contributed by atoms with Gasteiger partial charge < -0.3 is 10.0 Å². The molecule has 29 heavy (non-hydrogen) atoms. The van der Waals surface area contributed by atoms with Crippen molar-refractivity contribution in [3.05, 3.63) is 65.3 Å². The zero-order valence-electron chi connectivity index (χ0n) is 16.0. The van der Waals surface area contributed by atoms with E-state index >= 15 is 0 Å². The standard InChI is InChI=1S/C22H23ClN4O2/c23-18-19-24-12-6-13-27(19)20(25-18)21(28)26-14-11-22(29,15-7-2-1-3-8-15)16-9-4-5-10-17(16)26/h1-3,6-8,12-13,16-17,29H,4-5,9-11,14H2/t16-,17+,22?/m0/s1. The summed E-state index contributed by atoms with van der Waals surface area (Å²) in [6, 6.07) is 11.6. The number of aromatic nitrogens is 3. The molecule has 1 aliphatic heterocycles. The van der Waals surface area contributed by atoms with Gasteiger partial charge in [-0.25, -0.2) is 9.97 Å². The number of amides is 1. The van der Waals surface area contributed by atoms with Crippen LogP contribution in [-0.2, 0) is 5.60 Å². The minimum atomic E-state index is -0.906. The van der Waals surface area contributed by atoms with Gasteiger partial charge in [0.15, 0.2) is 10.8 Å². The molecule has 0 spiro atoms. The molecule has 3 heterocycles. The summed E-state index contributed by atoms with van der Waals surface area (Å²) < 4.78 is 1.65. The van der Waals surface area contributed by atoms with E-state index in [1.54, 1.807) is 22.9 Å². The summed E-state index contributed by atoms with van der Waals surface area (Å²) in [5.41, 5.74) is 0.523. The van der Waals surface area contributed by atoms with Crippen molar-refractivity contribution in [2.24, 2.45) is 5.92 Å². The molecule has 1 saturated heterocycles. The molecule has 6 nitrogen and oxygen atoms in total. The molecule has 0 radical (unpaired) electrons. The van der Waals surface area contributed by atoms with E-state index in [2.05, 4.69) is 9.97 Å². The molecular formula is C22H23ClN4O2. The Kier molecular flexibility index (Phi) is 4.56. The fourth-order valence-corrected chi connectivity index (χ4v) is 5.41. The summed E-state index contributed by atoms with van der Waals surface area (Å²) >= 11 is 6.22. The van der Waals surface area contributed by atoms with E-state index in [1.165, 1.54) is 0 Å². The third kappa shape index (κ3) is 2.93. The molecule has 150 valence electrons. The fraction of sp³-hybridized carbons (Fsp3) is 0.409. The molecule has 1 aliphatic carbocycles. The Bertz CT molecular complexity index is 1050. The highest BCUT2D eigenvalue weighted by atomic mass is 35.5. The summed E-state index contributed by atoms with van der Waals surface area (Å²) in [6.45, 7) is 0.484. The molecule has 1 unspecified atom stereocenters. The zero-order chi connectivity index (χ0) is 20.0. The maximum atomic E-state index is 13.5. The van der Waals surface area contributed by atoms with Gasteiger partial charge in [0.2, 0.25) is 5.82 Å². The molecular weight excluding hydrogens is 388 g/mol. The van der Waals surface area contributed by atoms with Crippen molar-refractivity contribution in [3.8, 4) is 0 Å². The second-order valence-electron chi connectivity index (χ2n) is 8.04. The van der Waals surface area contributed by atoms with Crippen molar-refractivity contribution in [3.63, 3.8) is 0 Å². The van der Waals surface area contributed by atoms with Crippen molar-refractivity contribution < 1.29 is 9.90 Å². The Hall–Kier alpha value is -2.44. The Balaban J connectivity index is 1.51. The fourth-order valence-electron chi connectivity index (χ4n) is 5.19. The SMILES string of the molecule is O=C(c1nc(Cl)c2ncccn12)N1CCC(O)(c2ccccc2)[C@H]2CCCC[C@H]21. The summed E-state index contributed by atoms with van der Waals surface area (Å²) in [6.07, 6.45) is 7.83. The first kappa shape index (κ1) is 18.6. The molecule has 0 bridgehead atoms. The molecule has 1 N–H and O–H groups in total. The van der Waals surface area contributed by atoms with Crippen LogP contribution in [0.2, 0.25) is 5.15 Å². The van der Waals surface area contributed by atoms with Gasteiger partial charge in [-0.2, -0.15) is 0 Å². The summed E-state index contributed by atoms with van der Waals surface area (Å²) in [4.78, 5) is 23.9. The third-order valence-electron chi connectivity index (χ3n) is 6.57. The predicted octanol–water partition coefficient (Wildman–Crippen LogP) is 3.68. The number of carbonyl (C=O) groups excluding carboxylic acids is 1. The average molecular weight is 411 g/mol. The summed E-state index contributed by atoms with van der Waals surface area (Å²) in [5, 5.41) is 11.9. The van der Waals surface area contributed by atoms with Crippen LogP contribution in [-0.4, -0.2) is 42.9 Å². The highest BCUT2D eigenvalue weighted by molar-refractivity contribution is 6.32. The Morgan fingerprint density at radius 1 is 1.17 bits per heavy atom. The quantitative estimate of drug-likeness (QED) is 0.699. The number of rotatable bonds is 2. The first-order valence-electron chi connectivity index (χ1n) is 10.2. The molecule has 2 aliphatic rings. The number of carbonyl (C=O) groups is 1. The van der Waals surface area contributed by atoms with Crippen molar-refractivity contribution in [1.29, 1.82) is 0 Å². The van der Waals surface area contributed by atoms with Crippen LogP contribution in [0.4, 0.5) is 0 Å². The molecule has 1 amide bonds. The second-order valence-corrected chi connectivity index (χ2v) is 8.39. The minimum absolute atomic E-state index is 0.0103. The summed E-state index contributed by atoms with van der Waals surface area (Å²) in [7, 11) is 0. The van der Waals surface area contributed by atoms with Gasteiger partial charge in [0.05, 0.1) is 5.60 Å². The highest BCUT2D eigenvalue weighted by Gasteiger charge is 2.50. The van der Waals surface area contributed by atoms with E-state index in [0.29, 0.717) is 18.6 Å². The third-order valence-corrected chi connectivity index (χ3v) is 6.82. The molecule has 7 heteroatoms. The van der Waals surface area contributed by atoms with Gasteiger partial charge in [-0.05, 0) is 30.9 Å². The van der Waals surface area contributed by atoms with Gasteiger partial charge in [0.1, 0.15) is 0 Å². The topological polar surface area (TPSA) is 70.7 Å². The van der Waals surface area contributed by atoms with E-state index in [1.807, 2.05) is 35.2 Å². The number of nitrogens with zero attached hydrogens (tertiary/aromatic N) is 4. The average Bonchev–Trinajstić information content (AvgIpc) is 3.11. The first-order valence-corrected chi connectivity index (χ1v) is 10.5. The molecule has 3 aromatic rings. The van der Waals surface area contributed by atoms with Crippen LogP contribution in [0.1, 0.15) is 48.3 Å². The lowest BCUT2D eigenvalue weighted by Crippen LogP contribution is -2.59. The Labute approximate surface area is 174 Å². The highest BCUT2D eigenvalue weighted by Crippen LogP contribution is 2.47. The van der Waals surface area contributed by atoms with Gasteiger partial charge in [-0.1, -0.05) is 54.8 Å². The van der Waals surface area contributed by atoms with Crippen LogP contribution in [0.15, 0.2) is 48.8 Å². The lowest BCUT2D eigenvalue weighted by molar-refractivity contribution is -0.110. The van der Waals surface area contributed by atoms with E-state index in [0.717, 1.165) is 31.2 Å². The van der Waals surface area contributed by atoms with Crippen LogP contribution in [0.25, 0.3) is 5.65 Å². The minimum Gasteiger partial charge on any atom is -0.385 e. The normalized spacial score (nSPS) is 27.0. The monoisotopic (exact) mass is 410 g/mol. The van der Waals surface area contributed by atoms with E-state index < -0.39 is 5.60 Å². The Morgan fingerprint density at radius 2 is 1.97 bits per heavy atom. The van der Waals surface area contributed by atoms with Crippen LogP contribution in [0.3, 0.4) is 0 Å². The van der Waals surface area contributed by atoms with Gasteiger partial charge in [0, 0.05) is 30.9 Å². The number of hydrogen-bond acceptors (Lipinski definition) is 4. The van der Waals surface area contributed by atoms with Crippen LogP contribution >= 0.6 is 11.6 Å². The van der Waals surface area contributed by atoms with Crippen LogP contribution in [0, 0.1) is 5.92 Å². The number of likely N-dealkylation sites (tertiary alicyclic amines) is 1. The molecule has 3 atom stereocenters. The van der Waals surface area contributed by atoms with Gasteiger partial charge in [0.25, 0.3) is 5.91 Å². The van der Waals surface area contributed by atoms with Crippen LogP contribution in [0.5, 0.6) is 0 Å². The Morgan fingerprint density at radius 3 is 2.79 bits per heavy atom. The summed E-state index contributed by atoms with van der Waals surface area (Å²) in [5.74, 6) is 0.149. The first-order chi connectivity index (χ1) is 14.1. The zero-order valence-corrected chi connectivity index (χ0v) is 16.8. The van der Waals surface area contributed by atoms with Gasteiger partial charge in [-0.15, -0.1) is 0 Å². The van der Waals surface area contributed by atoms with Crippen molar-refractivity contribution in [1.82, 2.24) is 19.3 Å². The van der Waals surface area contributed by atoms with E-state index in [4.69, 9.17) is 11.6 Å². The maximum Gasteiger partial charge on any atom is 0.290 e. The molecule has 1 aromatic carbocycles. The second kappa shape index (κ2) is 7.11. The number of piperidine rings is 1. The van der Waals surface area contributed by atoms with Crippen molar-refractivity contribution in [2.75, 3.05) is 6.54 Å². The molecule has 1 saturated carbocycles. The van der Waals surface area contributed by atoms with Gasteiger partial charge >= 0.3 is 0 Å². The van der Waals surface area contributed by atoms with Crippen molar-refractivity contribution in [2.45, 2.75) is 43.7 Å². The number of imidazole rings is 1. The number of aliphatic hydroxyl groups is 1. The van der Waals surface area contributed by atoms with Crippen molar-refractivity contribution >= 4 is 23.2 Å². The molecule has 2 fully saturated rings.